The van der Waals surface area contributed by atoms with Gasteiger partial charge in [0.25, 0.3) is 5.56 Å². The topological polar surface area (TPSA) is 60.9 Å². The number of aryl methyl sites for hydroxylation is 1. The highest BCUT2D eigenvalue weighted by atomic mass is 16.1. The number of rotatable bonds is 1. The van der Waals surface area contributed by atoms with Gasteiger partial charge in [-0.1, -0.05) is 29.8 Å². The summed E-state index contributed by atoms with van der Waals surface area (Å²) in [6.45, 7) is 2.79. The van der Waals surface area contributed by atoms with Crippen molar-refractivity contribution in [2.75, 3.05) is 5.73 Å². The van der Waals surface area contributed by atoms with Gasteiger partial charge in [0.1, 0.15) is 5.82 Å². The molecule has 0 aliphatic carbocycles. The smallest absolute Gasteiger partial charge is 0.261 e. The standard InChI is InChI=1S/C20H19N3O/c1-13-4-6-14(7-5-13)11-15-3-2-10-23-19(15)22-18-12-16(21)8-9-17(18)20(23)24/h4-9,11-12H,2-3,10,21H2,1H3. The van der Waals surface area contributed by atoms with E-state index in [2.05, 4.69) is 37.3 Å². The van der Waals surface area contributed by atoms with Crippen LogP contribution in [0.3, 0.4) is 0 Å². The van der Waals surface area contributed by atoms with Crippen LogP contribution in [0, 0.1) is 6.92 Å². The molecule has 0 atom stereocenters. The van der Waals surface area contributed by atoms with Crippen molar-refractivity contribution < 1.29 is 0 Å². The number of anilines is 1. The van der Waals surface area contributed by atoms with Crippen LogP contribution in [0.1, 0.15) is 29.8 Å². The lowest BCUT2D eigenvalue weighted by Crippen LogP contribution is -2.27. The Labute approximate surface area is 140 Å². The highest BCUT2D eigenvalue weighted by molar-refractivity contribution is 5.85. The summed E-state index contributed by atoms with van der Waals surface area (Å²) in [4.78, 5) is 17.5. The Morgan fingerprint density at radius 3 is 2.75 bits per heavy atom. The van der Waals surface area contributed by atoms with E-state index in [0.717, 1.165) is 29.8 Å². The maximum atomic E-state index is 12.8. The van der Waals surface area contributed by atoms with E-state index in [1.807, 2.05) is 0 Å². The maximum absolute atomic E-state index is 12.8. The van der Waals surface area contributed by atoms with E-state index >= 15 is 0 Å². The third-order valence-corrected chi connectivity index (χ3v) is 4.51. The second kappa shape index (κ2) is 5.64. The molecule has 0 amide bonds. The van der Waals surface area contributed by atoms with Crippen LogP contribution in [-0.2, 0) is 6.54 Å². The zero-order valence-electron chi connectivity index (χ0n) is 13.6. The number of hydrogen-bond acceptors (Lipinski definition) is 3. The van der Waals surface area contributed by atoms with E-state index in [1.54, 1.807) is 22.8 Å². The van der Waals surface area contributed by atoms with Gasteiger partial charge in [0.2, 0.25) is 0 Å². The Bertz CT molecular complexity index is 1010. The van der Waals surface area contributed by atoms with Crippen molar-refractivity contribution in [3.63, 3.8) is 0 Å². The number of nitrogen functional groups attached to an aromatic ring is 1. The minimum atomic E-state index is 0.0181. The van der Waals surface area contributed by atoms with E-state index in [4.69, 9.17) is 10.7 Å². The van der Waals surface area contributed by atoms with Crippen LogP contribution < -0.4 is 11.3 Å². The molecule has 0 radical (unpaired) electrons. The van der Waals surface area contributed by atoms with Gasteiger partial charge in [-0.05, 0) is 55.2 Å². The lowest BCUT2D eigenvalue weighted by Gasteiger charge is -2.21. The summed E-state index contributed by atoms with van der Waals surface area (Å²) in [5.41, 5.74) is 10.6. The molecule has 4 heteroatoms. The number of allylic oxidation sites excluding steroid dienone is 1. The summed E-state index contributed by atoms with van der Waals surface area (Å²) >= 11 is 0. The number of nitrogens with zero attached hydrogens (tertiary/aromatic N) is 2. The summed E-state index contributed by atoms with van der Waals surface area (Å²) in [6.07, 6.45) is 4.01. The van der Waals surface area contributed by atoms with Gasteiger partial charge < -0.3 is 5.73 Å². The van der Waals surface area contributed by atoms with Crippen LogP contribution in [-0.4, -0.2) is 9.55 Å². The van der Waals surface area contributed by atoms with E-state index < -0.39 is 0 Å². The molecule has 4 nitrogen and oxygen atoms in total. The zero-order valence-corrected chi connectivity index (χ0v) is 13.6. The Balaban J connectivity index is 1.92. The van der Waals surface area contributed by atoms with Gasteiger partial charge in [-0.15, -0.1) is 0 Å². The Kier molecular flexibility index (Phi) is 3.45. The molecule has 2 heterocycles. The molecule has 24 heavy (non-hydrogen) atoms. The van der Waals surface area contributed by atoms with Crippen molar-refractivity contribution in [3.8, 4) is 0 Å². The fourth-order valence-corrected chi connectivity index (χ4v) is 3.23. The van der Waals surface area contributed by atoms with Gasteiger partial charge in [-0.2, -0.15) is 0 Å². The van der Waals surface area contributed by atoms with Gasteiger partial charge in [-0.25, -0.2) is 4.98 Å². The number of aromatic nitrogens is 2. The largest absolute Gasteiger partial charge is 0.399 e. The molecule has 0 fully saturated rings. The molecule has 0 spiro atoms. The second-order valence-electron chi connectivity index (χ2n) is 6.35. The first-order chi connectivity index (χ1) is 11.6. The van der Waals surface area contributed by atoms with E-state index in [9.17, 15) is 4.79 Å². The van der Waals surface area contributed by atoms with Crippen molar-refractivity contribution in [3.05, 3.63) is 69.8 Å². The summed E-state index contributed by atoms with van der Waals surface area (Å²) in [6, 6.07) is 13.7. The minimum absolute atomic E-state index is 0.0181. The van der Waals surface area contributed by atoms with E-state index in [0.29, 0.717) is 23.1 Å². The van der Waals surface area contributed by atoms with Crippen LogP contribution in [0.25, 0.3) is 22.6 Å². The molecule has 3 aromatic rings. The molecule has 1 aliphatic rings. The number of nitrogens with two attached hydrogens (primary N) is 1. The average Bonchev–Trinajstić information content (AvgIpc) is 2.57. The predicted molar refractivity (Wildman–Crippen MR) is 98.7 cm³/mol. The Hall–Kier alpha value is -2.88. The minimum Gasteiger partial charge on any atom is -0.399 e. The molecular weight excluding hydrogens is 298 g/mol. The number of fused-ring (bicyclic) bond motifs is 2. The fraction of sp³-hybridized carbons (Fsp3) is 0.200. The predicted octanol–water partition coefficient (Wildman–Crippen LogP) is 3.62. The molecule has 120 valence electrons. The summed E-state index contributed by atoms with van der Waals surface area (Å²) < 4.78 is 1.79. The highest BCUT2D eigenvalue weighted by Crippen LogP contribution is 2.27. The van der Waals surface area contributed by atoms with Crippen molar-refractivity contribution in [1.82, 2.24) is 9.55 Å². The Morgan fingerprint density at radius 1 is 1.17 bits per heavy atom. The Morgan fingerprint density at radius 2 is 1.96 bits per heavy atom. The fourth-order valence-electron chi connectivity index (χ4n) is 3.23. The molecule has 1 aromatic heterocycles. The van der Waals surface area contributed by atoms with Crippen LogP contribution in [0.15, 0.2) is 47.3 Å². The van der Waals surface area contributed by atoms with Crippen LogP contribution >= 0.6 is 0 Å². The quantitative estimate of drug-likeness (QED) is 0.697. The number of benzene rings is 2. The van der Waals surface area contributed by atoms with Crippen molar-refractivity contribution in [2.24, 2.45) is 0 Å². The molecular formula is C20H19N3O. The van der Waals surface area contributed by atoms with Crippen molar-refractivity contribution in [2.45, 2.75) is 26.3 Å². The van der Waals surface area contributed by atoms with Gasteiger partial charge >= 0.3 is 0 Å². The molecule has 1 aliphatic heterocycles. The first-order valence-electron chi connectivity index (χ1n) is 8.19. The first-order valence-corrected chi connectivity index (χ1v) is 8.19. The van der Waals surface area contributed by atoms with Gasteiger partial charge in [0, 0.05) is 12.2 Å². The average molecular weight is 317 g/mol. The molecule has 0 unspecified atom stereocenters. The molecule has 2 N–H and O–H groups in total. The third-order valence-electron chi connectivity index (χ3n) is 4.51. The summed E-state index contributed by atoms with van der Waals surface area (Å²) in [5, 5.41) is 0.629. The van der Waals surface area contributed by atoms with Gasteiger partial charge in [0.05, 0.1) is 10.9 Å². The van der Waals surface area contributed by atoms with Crippen LogP contribution in [0.5, 0.6) is 0 Å². The highest BCUT2D eigenvalue weighted by Gasteiger charge is 2.18. The molecule has 2 aromatic carbocycles. The van der Waals surface area contributed by atoms with E-state index in [-0.39, 0.29) is 5.56 Å². The normalized spacial score (nSPS) is 15.6. The first kappa shape index (κ1) is 14.7. The summed E-state index contributed by atoms with van der Waals surface area (Å²) in [7, 11) is 0. The lowest BCUT2D eigenvalue weighted by molar-refractivity contribution is 0.587. The third kappa shape index (κ3) is 2.50. The monoisotopic (exact) mass is 317 g/mol. The molecule has 0 saturated heterocycles. The van der Waals surface area contributed by atoms with Gasteiger partial charge in [0.15, 0.2) is 0 Å². The van der Waals surface area contributed by atoms with Crippen molar-refractivity contribution in [1.29, 1.82) is 0 Å². The van der Waals surface area contributed by atoms with Crippen molar-refractivity contribution >= 4 is 28.2 Å². The molecule has 0 saturated carbocycles. The SMILES string of the molecule is Cc1ccc(C=C2CCCn3c2nc2cc(N)ccc2c3=O)cc1. The van der Waals surface area contributed by atoms with Crippen LogP contribution in [0.4, 0.5) is 5.69 Å². The maximum Gasteiger partial charge on any atom is 0.261 e. The lowest BCUT2D eigenvalue weighted by atomic mass is 10.0. The van der Waals surface area contributed by atoms with Crippen LogP contribution in [0.2, 0.25) is 0 Å². The summed E-state index contributed by atoms with van der Waals surface area (Å²) in [5.74, 6) is 0.768. The van der Waals surface area contributed by atoms with Gasteiger partial charge in [-0.3, -0.25) is 9.36 Å². The van der Waals surface area contributed by atoms with E-state index in [1.165, 1.54) is 5.56 Å². The zero-order chi connectivity index (χ0) is 16.7. The number of hydrogen-bond donors (Lipinski definition) is 1. The molecule has 4 rings (SSSR count). The molecule has 0 bridgehead atoms. The second-order valence-corrected chi connectivity index (χ2v) is 6.35.